The number of hydrogen-bond donors (Lipinski definition) is 1. The lowest BCUT2D eigenvalue weighted by molar-refractivity contribution is -0.274. The summed E-state index contributed by atoms with van der Waals surface area (Å²) in [5.74, 6) is -1.03. The summed E-state index contributed by atoms with van der Waals surface area (Å²) >= 11 is 0. The van der Waals surface area contributed by atoms with Crippen LogP contribution in [-0.4, -0.2) is 69.1 Å². The third kappa shape index (κ3) is 5.93. The number of piperidine rings is 2. The number of aliphatic hydroxyl groups excluding tert-OH is 1. The molecule has 7 nitrogen and oxygen atoms in total. The number of aliphatic hydroxyl groups is 1. The molecule has 2 saturated heterocycles. The standard InChI is InChI=1S/C27H28F4N4O3/c28-23-3-1-2-4-25(23)35-16-24(32-17-35)20-13-19(18-5-7-22(8-6-18)38-27(29,30)31)14-34(15-20)26(37)33-11-9-21(36)10-12-33/h1-8,16-17,19-21,36H,9-15H2. The molecule has 202 valence electrons. The zero-order valence-corrected chi connectivity index (χ0v) is 20.5. The lowest BCUT2D eigenvalue weighted by atomic mass is 9.83. The number of amides is 2. The number of hydrogen-bond acceptors (Lipinski definition) is 4. The third-order valence-electron chi connectivity index (χ3n) is 7.19. The molecule has 2 aliphatic heterocycles. The van der Waals surface area contributed by atoms with E-state index in [2.05, 4.69) is 9.72 Å². The minimum Gasteiger partial charge on any atom is -0.406 e. The molecule has 5 rings (SSSR count). The molecule has 11 heteroatoms. The van der Waals surface area contributed by atoms with Crippen molar-refractivity contribution in [1.82, 2.24) is 19.4 Å². The predicted octanol–water partition coefficient (Wildman–Crippen LogP) is 5.06. The van der Waals surface area contributed by atoms with Crippen molar-refractivity contribution in [2.75, 3.05) is 26.2 Å². The maximum absolute atomic E-state index is 14.3. The van der Waals surface area contributed by atoms with E-state index in [1.54, 1.807) is 57.2 Å². The van der Waals surface area contributed by atoms with Crippen LogP contribution < -0.4 is 4.74 Å². The third-order valence-corrected chi connectivity index (χ3v) is 7.19. The molecule has 2 atom stereocenters. The summed E-state index contributed by atoms with van der Waals surface area (Å²) in [5.41, 5.74) is 1.84. The molecule has 1 aromatic heterocycles. The average molecular weight is 533 g/mol. The number of carbonyl (C=O) groups excluding carboxylic acids is 1. The van der Waals surface area contributed by atoms with Gasteiger partial charge in [-0.15, -0.1) is 13.2 Å². The van der Waals surface area contributed by atoms with Crippen molar-refractivity contribution in [2.45, 2.75) is 43.6 Å². The van der Waals surface area contributed by atoms with Crippen molar-refractivity contribution in [1.29, 1.82) is 0 Å². The molecule has 0 aliphatic carbocycles. The van der Waals surface area contributed by atoms with Crippen LogP contribution in [0.3, 0.4) is 0 Å². The van der Waals surface area contributed by atoms with E-state index in [0.29, 0.717) is 56.8 Å². The Kier molecular flexibility index (Phi) is 7.29. The molecule has 38 heavy (non-hydrogen) atoms. The normalized spacial score (nSPS) is 21.0. The largest absolute Gasteiger partial charge is 0.573 e. The molecule has 2 fully saturated rings. The Morgan fingerprint density at radius 2 is 1.66 bits per heavy atom. The SMILES string of the molecule is O=C(N1CCC(O)CC1)N1CC(c2ccc(OC(F)(F)F)cc2)CC(c2cn(-c3ccccc3F)cn2)C1. The second-order valence-corrected chi connectivity index (χ2v) is 9.81. The summed E-state index contributed by atoms with van der Waals surface area (Å²) in [6.45, 7) is 1.70. The monoisotopic (exact) mass is 532 g/mol. The number of ether oxygens (including phenoxy) is 1. The summed E-state index contributed by atoms with van der Waals surface area (Å²) in [6, 6.07) is 11.9. The van der Waals surface area contributed by atoms with Crippen LogP contribution in [0.5, 0.6) is 5.75 Å². The fraction of sp³-hybridized carbons (Fsp3) is 0.407. The second-order valence-electron chi connectivity index (χ2n) is 9.81. The number of halogens is 4. The molecule has 0 saturated carbocycles. The molecular formula is C27H28F4N4O3. The highest BCUT2D eigenvalue weighted by Gasteiger charge is 2.36. The van der Waals surface area contributed by atoms with Gasteiger partial charge in [0, 0.05) is 44.2 Å². The Bertz CT molecular complexity index is 1260. The molecule has 2 aromatic carbocycles. The number of carbonyl (C=O) groups is 1. The van der Waals surface area contributed by atoms with Crippen LogP contribution in [0.15, 0.2) is 61.1 Å². The van der Waals surface area contributed by atoms with Crippen molar-refractivity contribution >= 4 is 6.03 Å². The van der Waals surface area contributed by atoms with Crippen LogP contribution in [-0.2, 0) is 0 Å². The number of urea groups is 1. The molecule has 2 unspecified atom stereocenters. The van der Waals surface area contributed by atoms with E-state index in [1.165, 1.54) is 18.2 Å². The molecule has 0 spiro atoms. The van der Waals surface area contributed by atoms with Crippen molar-refractivity contribution < 1.29 is 32.2 Å². The van der Waals surface area contributed by atoms with Gasteiger partial charge in [0.15, 0.2) is 0 Å². The van der Waals surface area contributed by atoms with Crippen LogP contribution in [0.4, 0.5) is 22.4 Å². The lowest BCUT2D eigenvalue weighted by Crippen LogP contribution is -2.51. The Morgan fingerprint density at radius 3 is 2.34 bits per heavy atom. The fourth-order valence-electron chi connectivity index (χ4n) is 5.25. The first-order chi connectivity index (χ1) is 18.2. The highest BCUT2D eigenvalue weighted by atomic mass is 19.4. The molecule has 2 aliphatic rings. The van der Waals surface area contributed by atoms with Gasteiger partial charge >= 0.3 is 12.4 Å². The van der Waals surface area contributed by atoms with Gasteiger partial charge in [-0.25, -0.2) is 14.2 Å². The van der Waals surface area contributed by atoms with Gasteiger partial charge in [0.2, 0.25) is 0 Å². The van der Waals surface area contributed by atoms with E-state index >= 15 is 0 Å². The minimum atomic E-state index is -4.78. The zero-order valence-electron chi connectivity index (χ0n) is 20.5. The van der Waals surface area contributed by atoms with Crippen LogP contribution in [0, 0.1) is 5.82 Å². The Morgan fingerprint density at radius 1 is 0.974 bits per heavy atom. The van der Waals surface area contributed by atoms with Crippen molar-refractivity contribution in [3.63, 3.8) is 0 Å². The lowest BCUT2D eigenvalue weighted by Gasteiger charge is -2.41. The fourth-order valence-corrected chi connectivity index (χ4v) is 5.25. The Balaban J connectivity index is 1.40. The van der Waals surface area contributed by atoms with Gasteiger partial charge in [-0.3, -0.25) is 0 Å². The van der Waals surface area contributed by atoms with E-state index in [1.807, 2.05) is 0 Å². The van der Waals surface area contributed by atoms with Crippen molar-refractivity contribution in [2.24, 2.45) is 0 Å². The first-order valence-corrected chi connectivity index (χ1v) is 12.5. The highest BCUT2D eigenvalue weighted by Crippen LogP contribution is 2.37. The first kappa shape index (κ1) is 26.0. The van der Waals surface area contributed by atoms with E-state index in [0.717, 1.165) is 5.56 Å². The van der Waals surface area contributed by atoms with Crippen LogP contribution >= 0.6 is 0 Å². The number of imidazole rings is 1. The van der Waals surface area contributed by atoms with Gasteiger partial charge in [-0.2, -0.15) is 0 Å². The van der Waals surface area contributed by atoms with E-state index < -0.39 is 12.5 Å². The minimum absolute atomic E-state index is 0.142. The van der Waals surface area contributed by atoms with E-state index in [-0.39, 0.29) is 29.4 Å². The van der Waals surface area contributed by atoms with Crippen LogP contribution in [0.2, 0.25) is 0 Å². The Hall–Kier alpha value is -3.60. The zero-order chi connectivity index (χ0) is 26.9. The number of alkyl halides is 3. The molecule has 0 bridgehead atoms. The topological polar surface area (TPSA) is 70.8 Å². The summed E-state index contributed by atoms with van der Waals surface area (Å²) in [5, 5.41) is 9.84. The molecule has 2 amide bonds. The predicted molar refractivity (Wildman–Crippen MR) is 131 cm³/mol. The number of aromatic nitrogens is 2. The van der Waals surface area contributed by atoms with Gasteiger partial charge in [-0.1, -0.05) is 24.3 Å². The van der Waals surface area contributed by atoms with Crippen molar-refractivity contribution in [3.8, 4) is 11.4 Å². The highest BCUT2D eigenvalue weighted by molar-refractivity contribution is 5.75. The van der Waals surface area contributed by atoms with E-state index in [4.69, 9.17) is 0 Å². The average Bonchev–Trinajstić information content (AvgIpc) is 3.38. The number of benzene rings is 2. The van der Waals surface area contributed by atoms with Crippen LogP contribution in [0.1, 0.15) is 42.4 Å². The van der Waals surface area contributed by atoms with E-state index in [9.17, 15) is 27.5 Å². The number of para-hydroxylation sites is 1. The number of likely N-dealkylation sites (tertiary alicyclic amines) is 2. The number of rotatable bonds is 4. The maximum Gasteiger partial charge on any atom is 0.573 e. The smallest absolute Gasteiger partial charge is 0.406 e. The maximum atomic E-state index is 14.3. The van der Waals surface area contributed by atoms with Gasteiger partial charge in [0.05, 0.1) is 23.8 Å². The van der Waals surface area contributed by atoms with Gasteiger partial charge in [0.1, 0.15) is 11.6 Å². The van der Waals surface area contributed by atoms with Gasteiger partial charge < -0.3 is 24.2 Å². The van der Waals surface area contributed by atoms with Gasteiger partial charge in [-0.05, 0) is 49.1 Å². The quantitative estimate of drug-likeness (QED) is 0.477. The molecular weight excluding hydrogens is 504 g/mol. The van der Waals surface area contributed by atoms with Crippen molar-refractivity contribution in [3.05, 3.63) is 78.1 Å². The molecule has 0 radical (unpaired) electrons. The molecule has 3 heterocycles. The summed E-state index contributed by atoms with van der Waals surface area (Å²) in [7, 11) is 0. The molecule has 3 aromatic rings. The Labute approximate surface area is 217 Å². The summed E-state index contributed by atoms with van der Waals surface area (Å²) in [4.78, 5) is 21.4. The number of nitrogens with zero attached hydrogens (tertiary/aromatic N) is 4. The summed E-state index contributed by atoms with van der Waals surface area (Å²) in [6.07, 6.45) is -0.263. The summed E-state index contributed by atoms with van der Waals surface area (Å²) < 4.78 is 57.8. The second kappa shape index (κ2) is 10.6. The first-order valence-electron chi connectivity index (χ1n) is 12.5. The van der Waals surface area contributed by atoms with Gasteiger partial charge in [0.25, 0.3) is 0 Å². The van der Waals surface area contributed by atoms with Crippen LogP contribution in [0.25, 0.3) is 5.69 Å². The molecule has 1 N–H and O–H groups in total.